The standard InChI is InChI=1S/C23H28FNO4/c1-29-20-14-18(9-10-19(20)24)15-25-13-11-21(26)23(16-25,22(27)28)12-5-8-17-6-3-2-4-7-17/h2-4,6-7,9-10,14,21,26H,5,8,11-13,15-16H2,1H3,(H,27,28)/t21-,23+/m0/s1. The van der Waals surface area contributed by atoms with Crippen LogP contribution in [0.3, 0.4) is 0 Å². The Morgan fingerprint density at radius 3 is 2.69 bits per heavy atom. The van der Waals surface area contributed by atoms with Crippen molar-refractivity contribution in [3.63, 3.8) is 0 Å². The van der Waals surface area contributed by atoms with E-state index in [0.29, 0.717) is 32.4 Å². The lowest BCUT2D eigenvalue weighted by atomic mass is 9.73. The average molecular weight is 401 g/mol. The molecule has 5 nitrogen and oxygen atoms in total. The first-order chi connectivity index (χ1) is 13.9. The van der Waals surface area contributed by atoms with E-state index in [4.69, 9.17) is 4.74 Å². The third-order valence-electron chi connectivity index (χ3n) is 5.84. The van der Waals surface area contributed by atoms with E-state index < -0.39 is 23.3 Å². The molecule has 0 aromatic heterocycles. The van der Waals surface area contributed by atoms with Gasteiger partial charge in [-0.05, 0) is 48.9 Å². The molecular weight excluding hydrogens is 373 g/mol. The molecular formula is C23H28FNO4. The number of carboxylic acid groups (broad SMARTS) is 1. The van der Waals surface area contributed by atoms with Gasteiger partial charge in [0.15, 0.2) is 11.6 Å². The van der Waals surface area contributed by atoms with E-state index in [1.54, 1.807) is 12.1 Å². The van der Waals surface area contributed by atoms with Crippen molar-refractivity contribution in [1.29, 1.82) is 0 Å². The Hall–Kier alpha value is -2.44. The lowest BCUT2D eigenvalue weighted by Gasteiger charge is -2.43. The molecule has 6 heteroatoms. The zero-order valence-corrected chi connectivity index (χ0v) is 16.7. The van der Waals surface area contributed by atoms with Crippen LogP contribution in [-0.4, -0.2) is 47.4 Å². The number of halogens is 1. The van der Waals surface area contributed by atoms with Crippen LogP contribution >= 0.6 is 0 Å². The summed E-state index contributed by atoms with van der Waals surface area (Å²) in [6, 6.07) is 14.6. The molecule has 0 saturated carbocycles. The fourth-order valence-electron chi connectivity index (χ4n) is 4.18. The third-order valence-corrected chi connectivity index (χ3v) is 5.84. The highest BCUT2D eigenvalue weighted by atomic mass is 19.1. The Morgan fingerprint density at radius 1 is 1.24 bits per heavy atom. The summed E-state index contributed by atoms with van der Waals surface area (Å²) in [4.78, 5) is 14.2. The topological polar surface area (TPSA) is 70.0 Å². The minimum absolute atomic E-state index is 0.173. The Morgan fingerprint density at radius 2 is 2.00 bits per heavy atom. The van der Waals surface area contributed by atoms with Crippen LogP contribution in [0.15, 0.2) is 48.5 Å². The first kappa shape index (κ1) is 21.3. The number of piperidine rings is 1. The molecule has 1 aliphatic heterocycles. The van der Waals surface area contributed by atoms with Crippen LogP contribution in [0.2, 0.25) is 0 Å². The molecule has 0 bridgehead atoms. The van der Waals surface area contributed by atoms with Crippen molar-refractivity contribution in [2.24, 2.45) is 5.41 Å². The average Bonchev–Trinajstić information content (AvgIpc) is 2.72. The molecule has 3 rings (SSSR count). The molecule has 0 unspecified atom stereocenters. The van der Waals surface area contributed by atoms with Gasteiger partial charge in [0.1, 0.15) is 5.41 Å². The van der Waals surface area contributed by atoms with Gasteiger partial charge in [0.05, 0.1) is 13.2 Å². The summed E-state index contributed by atoms with van der Waals surface area (Å²) in [5.74, 6) is -1.21. The minimum atomic E-state index is -1.20. The van der Waals surface area contributed by atoms with Gasteiger partial charge in [0, 0.05) is 19.6 Å². The smallest absolute Gasteiger partial charge is 0.313 e. The number of benzene rings is 2. The van der Waals surface area contributed by atoms with E-state index in [1.807, 2.05) is 35.2 Å². The fraction of sp³-hybridized carbons (Fsp3) is 0.435. The second kappa shape index (κ2) is 9.37. The highest BCUT2D eigenvalue weighted by Crippen LogP contribution is 2.37. The number of aryl methyl sites for hydroxylation is 1. The number of aliphatic hydroxyl groups is 1. The first-order valence-corrected chi connectivity index (χ1v) is 9.95. The van der Waals surface area contributed by atoms with Crippen molar-refractivity contribution in [3.8, 4) is 5.75 Å². The largest absolute Gasteiger partial charge is 0.494 e. The summed E-state index contributed by atoms with van der Waals surface area (Å²) in [7, 11) is 1.42. The van der Waals surface area contributed by atoms with Gasteiger partial charge in [-0.2, -0.15) is 0 Å². The number of ether oxygens (including phenoxy) is 1. The minimum Gasteiger partial charge on any atom is -0.494 e. The summed E-state index contributed by atoms with van der Waals surface area (Å²) in [6.45, 7) is 1.34. The van der Waals surface area contributed by atoms with Gasteiger partial charge < -0.3 is 14.9 Å². The van der Waals surface area contributed by atoms with E-state index in [0.717, 1.165) is 17.5 Å². The van der Waals surface area contributed by atoms with Gasteiger partial charge in [-0.15, -0.1) is 0 Å². The van der Waals surface area contributed by atoms with Crippen LogP contribution in [0.4, 0.5) is 4.39 Å². The van der Waals surface area contributed by atoms with E-state index in [9.17, 15) is 19.4 Å². The summed E-state index contributed by atoms with van der Waals surface area (Å²) in [5, 5.41) is 20.6. The van der Waals surface area contributed by atoms with E-state index >= 15 is 0 Å². The zero-order chi connectivity index (χ0) is 20.9. The maximum atomic E-state index is 13.7. The number of hydrogen-bond acceptors (Lipinski definition) is 4. The van der Waals surface area contributed by atoms with Crippen molar-refractivity contribution in [3.05, 3.63) is 65.5 Å². The van der Waals surface area contributed by atoms with Crippen LogP contribution < -0.4 is 4.74 Å². The lowest BCUT2D eigenvalue weighted by Crippen LogP contribution is -2.55. The highest BCUT2D eigenvalue weighted by Gasteiger charge is 2.48. The number of methoxy groups -OCH3 is 1. The van der Waals surface area contributed by atoms with Crippen LogP contribution in [0, 0.1) is 11.2 Å². The molecule has 2 atom stereocenters. The molecule has 1 saturated heterocycles. The van der Waals surface area contributed by atoms with Gasteiger partial charge >= 0.3 is 5.97 Å². The molecule has 1 fully saturated rings. The van der Waals surface area contributed by atoms with Crippen molar-refractivity contribution < 1.29 is 24.1 Å². The van der Waals surface area contributed by atoms with Crippen molar-refractivity contribution in [2.75, 3.05) is 20.2 Å². The monoisotopic (exact) mass is 401 g/mol. The number of hydrogen-bond donors (Lipinski definition) is 2. The van der Waals surface area contributed by atoms with Crippen molar-refractivity contribution in [1.82, 2.24) is 4.90 Å². The van der Waals surface area contributed by atoms with Gasteiger partial charge in [-0.1, -0.05) is 36.4 Å². The van der Waals surface area contributed by atoms with Gasteiger partial charge in [-0.3, -0.25) is 9.69 Å². The molecule has 1 heterocycles. The predicted octanol–water partition coefficient (Wildman–Crippen LogP) is 3.49. The Kier molecular flexibility index (Phi) is 6.87. The van der Waals surface area contributed by atoms with Gasteiger partial charge in [0.2, 0.25) is 0 Å². The summed E-state index contributed by atoms with van der Waals surface area (Å²) < 4.78 is 18.7. The lowest BCUT2D eigenvalue weighted by molar-refractivity contribution is -0.164. The summed E-state index contributed by atoms with van der Waals surface area (Å²) in [5.41, 5.74) is 0.814. The second-order valence-corrected chi connectivity index (χ2v) is 7.78. The van der Waals surface area contributed by atoms with Crippen molar-refractivity contribution >= 4 is 5.97 Å². The summed E-state index contributed by atoms with van der Waals surface area (Å²) >= 11 is 0. The Balaban J connectivity index is 1.70. The molecule has 2 N–H and O–H groups in total. The maximum Gasteiger partial charge on any atom is 0.313 e. The number of aliphatic hydroxyl groups excluding tert-OH is 1. The van der Waals surface area contributed by atoms with E-state index in [-0.39, 0.29) is 12.3 Å². The van der Waals surface area contributed by atoms with Gasteiger partial charge in [-0.25, -0.2) is 4.39 Å². The predicted molar refractivity (Wildman–Crippen MR) is 108 cm³/mol. The molecule has 2 aromatic rings. The number of likely N-dealkylation sites (tertiary alicyclic amines) is 1. The molecule has 29 heavy (non-hydrogen) atoms. The quantitative estimate of drug-likeness (QED) is 0.709. The number of aliphatic carboxylic acids is 1. The van der Waals surface area contributed by atoms with Crippen LogP contribution in [-0.2, 0) is 17.8 Å². The van der Waals surface area contributed by atoms with Crippen LogP contribution in [0.25, 0.3) is 0 Å². The number of rotatable bonds is 8. The summed E-state index contributed by atoms with van der Waals surface area (Å²) in [6.07, 6.45) is 1.38. The zero-order valence-electron chi connectivity index (χ0n) is 16.7. The molecule has 156 valence electrons. The molecule has 0 amide bonds. The normalized spacial score (nSPS) is 22.4. The highest BCUT2D eigenvalue weighted by molar-refractivity contribution is 5.76. The van der Waals surface area contributed by atoms with Gasteiger partial charge in [0.25, 0.3) is 0 Å². The first-order valence-electron chi connectivity index (χ1n) is 9.95. The molecule has 0 spiro atoms. The molecule has 0 aliphatic carbocycles. The molecule has 2 aromatic carbocycles. The molecule has 1 aliphatic rings. The van der Waals surface area contributed by atoms with Crippen LogP contribution in [0.1, 0.15) is 30.4 Å². The molecule has 0 radical (unpaired) electrons. The Bertz CT molecular complexity index is 829. The van der Waals surface area contributed by atoms with Crippen molar-refractivity contribution in [2.45, 2.75) is 38.3 Å². The van der Waals surface area contributed by atoms with Crippen LogP contribution in [0.5, 0.6) is 5.75 Å². The fourth-order valence-corrected chi connectivity index (χ4v) is 4.18. The third kappa shape index (κ3) is 4.95. The maximum absolute atomic E-state index is 13.7. The number of carbonyl (C=O) groups is 1. The number of carboxylic acids is 1. The Labute approximate surface area is 170 Å². The van der Waals surface area contributed by atoms with E-state index in [2.05, 4.69) is 0 Å². The second-order valence-electron chi connectivity index (χ2n) is 7.78. The SMILES string of the molecule is COc1cc(CN2CC[C@H](O)[C@](CCCc3ccccc3)(C(=O)O)C2)ccc1F. The van der Waals surface area contributed by atoms with E-state index in [1.165, 1.54) is 13.2 Å². The number of nitrogens with zero attached hydrogens (tertiary/aromatic N) is 1.